The number of likely N-dealkylation sites (N-methyl/N-ethyl adjacent to an activating group) is 1. The zero-order chi connectivity index (χ0) is 9.97. The lowest BCUT2D eigenvalue weighted by atomic mass is 10.1. The third kappa shape index (κ3) is 1.96. The van der Waals surface area contributed by atoms with Crippen LogP contribution in [0.3, 0.4) is 0 Å². The van der Waals surface area contributed by atoms with Crippen molar-refractivity contribution >= 4 is 27.0 Å². The summed E-state index contributed by atoms with van der Waals surface area (Å²) in [7, 11) is 1.96. The Morgan fingerprint density at radius 3 is 3.14 bits per heavy atom. The van der Waals surface area contributed by atoms with E-state index in [2.05, 4.69) is 43.3 Å². The number of benzene rings is 1. The van der Waals surface area contributed by atoms with Crippen molar-refractivity contribution in [1.82, 2.24) is 15.3 Å². The highest BCUT2D eigenvalue weighted by atomic mass is 79.9. The van der Waals surface area contributed by atoms with Gasteiger partial charge in [0.25, 0.3) is 0 Å². The van der Waals surface area contributed by atoms with Crippen molar-refractivity contribution in [3.05, 3.63) is 28.5 Å². The molecule has 0 unspecified atom stereocenters. The molecule has 0 radical (unpaired) electrons. The van der Waals surface area contributed by atoms with E-state index in [1.807, 2.05) is 13.1 Å². The van der Waals surface area contributed by atoms with Crippen molar-refractivity contribution in [3.8, 4) is 0 Å². The van der Waals surface area contributed by atoms with Crippen molar-refractivity contribution in [3.63, 3.8) is 0 Å². The number of fused-ring (bicyclic) bond motifs is 1. The van der Waals surface area contributed by atoms with E-state index in [4.69, 9.17) is 0 Å². The summed E-state index contributed by atoms with van der Waals surface area (Å²) in [4.78, 5) is 7.44. The molecular weight excluding hydrogens is 242 g/mol. The lowest BCUT2D eigenvalue weighted by Gasteiger charge is -1.99. The molecule has 0 fully saturated rings. The van der Waals surface area contributed by atoms with Crippen molar-refractivity contribution in [1.29, 1.82) is 0 Å². The second kappa shape index (κ2) is 4.11. The molecule has 74 valence electrons. The molecule has 0 saturated carbocycles. The monoisotopic (exact) mass is 253 g/mol. The summed E-state index contributed by atoms with van der Waals surface area (Å²) in [5.41, 5.74) is 3.42. The molecule has 0 aliphatic carbocycles. The maximum absolute atomic E-state index is 4.28. The van der Waals surface area contributed by atoms with Gasteiger partial charge in [-0.2, -0.15) is 0 Å². The number of aromatic amines is 1. The maximum atomic E-state index is 4.28. The van der Waals surface area contributed by atoms with Crippen LogP contribution in [0.2, 0.25) is 0 Å². The predicted octanol–water partition coefficient (Wildman–Crippen LogP) is 2.09. The SMILES string of the molecule is CNCCc1ccc2nc(Br)[nH]c2c1. The molecule has 2 aromatic rings. The average molecular weight is 254 g/mol. The second-order valence-corrected chi connectivity index (χ2v) is 3.98. The van der Waals surface area contributed by atoms with Crippen LogP contribution >= 0.6 is 15.9 Å². The highest BCUT2D eigenvalue weighted by Gasteiger charge is 2.00. The van der Waals surface area contributed by atoms with Gasteiger partial charge in [-0.1, -0.05) is 6.07 Å². The minimum absolute atomic E-state index is 0.790. The van der Waals surface area contributed by atoms with Gasteiger partial charge in [0.2, 0.25) is 0 Å². The summed E-state index contributed by atoms with van der Waals surface area (Å²) in [6.45, 7) is 1.00. The Balaban J connectivity index is 2.31. The van der Waals surface area contributed by atoms with Crippen molar-refractivity contribution in [2.45, 2.75) is 6.42 Å². The summed E-state index contributed by atoms with van der Waals surface area (Å²) in [6.07, 6.45) is 1.04. The summed E-state index contributed by atoms with van der Waals surface area (Å²) < 4.78 is 0.790. The van der Waals surface area contributed by atoms with E-state index in [0.717, 1.165) is 28.7 Å². The Hall–Kier alpha value is -0.870. The summed E-state index contributed by atoms with van der Waals surface area (Å²) in [6, 6.07) is 6.30. The molecule has 14 heavy (non-hydrogen) atoms. The van der Waals surface area contributed by atoms with Crippen molar-refractivity contribution in [2.75, 3.05) is 13.6 Å². The lowest BCUT2D eigenvalue weighted by Crippen LogP contribution is -2.10. The lowest BCUT2D eigenvalue weighted by molar-refractivity contribution is 0.792. The topological polar surface area (TPSA) is 40.7 Å². The molecule has 0 bridgehead atoms. The predicted molar refractivity (Wildman–Crippen MR) is 61.4 cm³/mol. The zero-order valence-corrected chi connectivity index (χ0v) is 9.56. The molecule has 1 aromatic carbocycles. The first-order valence-electron chi connectivity index (χ1n) is 4.58. The molecule has 1 aromatic heterocycles. The van der Waals surface area contributed by atoms with Gasteiger partial charge < -0.3 is 10.3 Å². The smallest absolute Gasteiger partial charge is 0.175 e. The molecule has 2 N–H and O–H groups in total. The molecule has 0 saturated heterocycles. The first kappa shape index (κ1) is 9.68. The maximum Gasteiger partial charge on any atom is 0.175 e. The minimum Gasteiger partial charge on any atom is -0.332 e. The summed E-state index contributed by atoms with van der Waals surface area (Å²) in [5.74, 6) is 0. The molecule has 2 rings (SSSR count). The normalized spacial score (nSPS) is 11.0. The van der Waals surface area contributed by atoms with E-state index in [1.165, 1.54) is 5.56 Å². The van der Waals surface area contributed by atoms with E-state index >= 15 is 0 Å². The van der Waals surface area contributed by atoms with Crippen molar-refractivity contribution in [2.24, 2.45) is 0 Å². The van der Waals surface area contributed by atoms with Crippen molar-refractivity contribution < 1.29 is 0 Å². The molecule has 1 heterocycles. The fourth-order valence-electron chi connectivity index (χ4n) is 1.45. The quantitative estimate of drug-likeness (QED) is 0.880. The number of halogens is 1. The fourth-order valence-corrected chi connectivity index (χ4v) is 1.86. The Morgan fingerprint density at radius 2 is 2.36 bits per heavy atom. The van der Waals surface area contributed by atoms with Crippen LogP contribution in [0.5, 0.6) is 0 Å². The van der Waals surface area contributed by atoms with Crippen LogP contribution in [0.15, 0.2) is 22.9 Å². The Labute approximate surface area is 91.1 Å². The highest BCUT2D eigenvalue weighted by molar-refractivity contribution is 9.10. The number of rotatable bonds is 3. The zero-order valence-electron chi connectivity index (χ0n) is 7.97. The van der Waals surface area contributed by atoms with E-state index in [0.29, 0.717) is 0 Å². The van der Waals surface area contributed by atoms with Crippen LogP contribution in [0.25, 0.3) is 11.0 Å². The van der Waals surface area contributed by atoms with Crippen LogP contribution in [0.1, 0.15) is 5.56 Å². The fraction of sp³-hybridized carbons (Fsp3) is 0.300. The molecule has 4 heteroatoms. The molecule has 0 aliphatic heterocycles. The molecular formula is C10H12BrN3. The van der Waals surface area contributed by atoms with E-state index in [-0.39, 0.29) is 0 Å². The summed E-state index contributed by atoms with van der Waals surface area (Å²) >= 11 is 3.32. The Kier molecular flexibility index (Phi) is 2.84. The number of nitrogens with zero attached hydrogens (tertiary/aromatic N) is 1. The Bertz CT molecular complexity index is 436. The number of aromatic nitrogens is 2. The van der Waals surface area contributed by atoms with Gasteiger partial charge in [-0.3, -0.25) is 0 Å². The number of imidazole rings is 1. The van der Waals surface area contributed by atoms with Gasteiger partial charge >= 0.3 is 0 Å². The van der Waals surface area contributed by atoms with E-state index in [1.54, 1.807) is 0 Å². The van der Waals surface area contributed by atoms with Crippen LogP contribution in [0, 0.1) is 0 Å². The van der Waals surface area contributed by atoms with E-state index < -0.39 is 0 Å². The van der Waals surface area contributed by atoms with Gasteiger partial charge in [0, 0.05) is 0 Å². The third-order valence-electron chi connectivity index (χ3n) is 2.18. The molecule has 0 aliphatic rings. The van der Waals surface area contributed by atoms with Gasteiger partial charge in [-0.05, 0) is 53.6 Å². The van der Waals surface area contributed by atoms with Crippen LogP contribution < -0.4 is 5.32 Å². The van der Waals surface area contributed by atoms with Gasteiger partial charge in [-0.15, -0.1) is 0 Å². The average Bonchev–Trinajstić information content (AvgIpc) is 2.54. The van der Waals surface area contributed by atoms with Crippen LogP contribution in [0.4, 0.5) is 0 Å². The number of H-pyrrole nitrogens is 1. The van der Waals surface area contributed by atoms with Gasteiger partial charge in [-0.25, -0.2) is 4.98 Å². The highest BCUT2D eigenvalue weighted by Crippen LogP contribution is 2.16. The standard InChI is InChI=1S/C10H12BrN3/c1-12-5-4-7-2-3-8-9(6-7)14-10(11)13-8/h2-3,6,12H,4-5H2,1H3,(H,13,14). The minimum atomic E-state index is 0.790. The summed E-state index contributed by atoms with van der Waals surface area (Å²) in [5, 5.41) is 3.13. The first-order chi connectivity index (χ1) is 6.79. The first-order valence-corrected chi connectivity index (χ1v) is 5.37. The van der Waals surface area contributed by atoms with Gasteiger partial charge in [0.15, 0.2) is 4.73 Å². The third-order valence-corrected chi connectivity index (χ3v) is 2.56. The largest absolute Gasteiger partial charge is 0.332 e. The molecule has 0 amide bonds. The van der Waals surface area contributed by atoms with Gasteiger partial charge in [0.1, 0.15) is 0 Å². The Morgan fingerprint density at radius 1 is 1.50 bits per heavy atom. The second-order valence-electron chi connectivity index (χ2n) is 3.23. The molecule has 0 spiro atoms. The number of nitrogens with one attached hydrogen (secondary N) is 2. The van der Waals surface area contributed by atoms with E-state index in [9.17, 15) is 0 Å². The van der Waals surface area contributed by atoms with Crippen LogP contribution in [-0.4, -0.2) is 23.6 Å². The molecule has 3 nitrogen and oxygen atoms in total. The van der Waals surface area contributed by atoms with Gasteiger partial charge in [0.05, 0.1) is 11.0 Å². The number of hydrogen-bond donors (Lipinski definition) is 2. The number of hydrogen-bond acceptors (Lipinski definition) is 2. The van der Waals surface area contributed by atoms with Crippen LogP contribution in [-0.2, 0) is 6.42 Å². The molecule has 0 atom stereocenters.